The Balaban J connectivity index is 2.06. The lowest BCUT2D eigenvalue weighted by Crippen LogP contribution is -2.43. The van der Waals surface area contributed by atoms with Gasteiger partial charge in [0.2, 0.25) is 0 Å². The van der Waals surface area contributed by atoms with Crippen LogP contribution in [0.2, 0.25) is 0 Å². The summed E-state index contributed by atoms with van der Waals surface area (Å²) >= 11 is 1.81. The molecule has 1 aliphatic carbocycles. The molecule has 1 saturated carbocycles. The second-order valence-corrected chi connectivity index (χ2v) is 6.99. The standard InChI is InChI=1S/C15H22O2S/c1-11-8-9-13(10-15(2,17)14(11)16)18-12-6-4-3-5-7-12/h3-7,11,13-14,16-17H,8-10H2,1-2H3. The fourth-order valence-corrected chi connectivity index (χ4v) is 4.07. The number of thioether (sulfide) groups is 1. The number of aliphatic hydroxyl groups excluding tert-OH is 1. The van der Waals surface area contributed by atoms with Crippen molar-refractivity contribution < 1.29 is 10.2 Å². The van der Waals surface area contributed by atoms with Gasteiger partial charge in [-0.2, -0.15) is 0 Å². The molecule has 2 rings (SSSR count). The van der Waals surface area contributed by atoms with Crippen LogP contribution in [0.5, 0.6) is 0 Å². The zero-order valence-electron chi connectivity index (χ0n) is 11.0. The first-order valence-electron chi connectivity index (χ1n) is 6.61. The second-order valence-electron chi connectivity index (χ2n) is 5.61. The molecule has 0 amide bonds. The third kappa shape index (κ3) is 3.28. The summed E-state index contributed by atoms with van der Waals surface area (Å²) in [5, 5.41) is 20.9. The molecule has 2 nitrogen and oxygen atoms in total. The molecule has 3 heteroatoms. The van der Waals surface area contributed by atoms with Crippen molar-refractivity contribution in [3.63, 3.8) is 0 Å². The first-order chi connectivity index (χ1) is 8.49. The summed E-state index contributed by atoms with van der Waals surface area (Å²) in [6.07, 6.45) is 2.06. The minimum Gasteiger partial charge on any atom is -0.390 e. The number of benzene rings is 1. The average Bonchev–Trinajstić information content (AvgIpc) is 2.43. The van der Waals surface area contributed by atoms with Gasteiger partial charge in [-0.3, -0.25) is 0 Å². The molecule has 1 aromatic carbocycles. The van der Waals surface area contributed by atoms with E-state index in [1.54, 1.807) is 6.92 Å². The molecule has 1 aliphatic rings. The largest absolute Gasteiger partial charge is 0.390 e. The zero-order valence-corrected chi connectivity index (χ0v) is 11.9. The summed E-state index contributed by atoms with van der Waals surface area (Å²) in [4.78, 5) is 1.24. The Labute approximate surface area is 113 Å². The molecular weight excluding hydrogens is 244 g/mol. The van der Waals surface area contributed by atoms with Gasteiger partial charge < -0.3 is 10.2 Å². The lowest BCUT2D eigenvalue weighted by atomic mass is 9.88. The zero-order chi connectivity index (χ0) is 13.2. The number of hydrogen-bond acceptors (Lipinski definition) is 3. The third-order valence-electron chi connectivity index (χ3n) is 3.81. The predicted molar refractivity (Wildman–Crippen MR) is 75.7 cm³/mol. The summed E-state index contributed by atoms with van der Waals surface area (Å²) in [5.41, 5.74) is -0.970. The van der Waals surface area contributed by atoms with E-state index in [1.807, 2.05) is 36.9 Å². The Kier molecular flexibility index (Phi) is 4.36. The molecule has 4 atom stereocenters. The van der Waals surface area contributed by atoms with Crippen LogP contribution in [0.15, 0.2) is 35.2 Å². The molecule has 1 aromatic rings. The van der Waals surface area contributed by atoms with E-state index in [2.05, 4.69) is 12.1 Å². The van der Waals surface area contributed by atoms with Gasteiger partial charge in [-0.15, -0.1) is 11.8 Å². The van der Waals surface area contributed by atoms with E-state index in [-0.39, 0.29) is 5.92 Å². The van der Waals surface area contributed by atoms with Crippen LogP contribution >= 0.6 is 11.8 Å². The van der Waals surface area contributed by atoms with Crippen LogP contribution in [0.1, 0.15) is 33.1 Å². The Morgan fingerprint density at radius 2 is 1.89 bits per heavy atom. The van der Waals surface area contributed by atoms with Crippen molar-refractivity contribution in [2.45, 2.75) is 55.0 Å². The minimum atomic E-state index is -0.970. The van der Waals surface area contributed by atoms with Gasteiger partial charge in [-0.25, -0.2) is 0 Å². The van der Waals surface area contributed by atoms with Crippen molar-refractivity contribution in [2.24, 2.45) is 5.92 Å². The number of hydrogen-bond donors (Lipinski definition) is 2. The molecule has 0 saturated heterocycles. The van der Waals surface area contributed by atoms with E-state index in [0.29, 0.717) is 11.7 Å². The van der Waals surface area contributed by atoms with E-state index in [0.717, 1.165) is 12.8 Å². The van der Waals surface area contributed by atoms with Crippen LogP contribution in [0.3, 0.4) is 0 Å². The third-order valence-corrected chi connectivity index (χ3v) is 5.09. The summed E-state index contributed by atoms with van der Waals surface area (Å²) in [7, 11) is 0. The van der Waals surface area contributed by atoms with Crippen molar-refractivity contribution >= 4 is 11.8 Å². The van der Waals surface area contributed by atoms with Crippen LogP contribution in [-0.2, 0) is 0 Å². The summed E-state index contributed by atoms with van der Waals surface area (Å²) < 4.78 is 0. The molecular formula is C15H22O2S. The Morgan fingerprint density at radius 3 is 2.56 bits per heavy atom. The van der Waals surface area contributed by atoms with E-state index >= 15 is 0 Å². The molecule has 100 valence electrons. The SMILES string of the molecule is CC1CCC(Sc2ccccc2)CC(C)(O)C1O. The first kappa shape index (κ1) is 13.9. The van der Waals surface area contributed by atoms with Gasteiger partial charge in [0.25, 0.3) is 0 Å². The van der Waals surface area contributed by atoms with Crippen molar-refractivity contribution in [1.82, 2.24) is 0 Å². The minimum absolute atomic E-state index is 0.168. The molecule has 4 unspecified atom stereocenters. The molecule has 0 bridgehead atoms. The molecule has 0 heterocycles. The molecule has 0 aliphatic heterocycles. The average molecular weight is 266 g/mol. The Hall–Kier alpha value is -0.510. The van der Waals surface area contributed by atoms with Gasteiger partial charge in [0, 0.05) is 10.1 Å². The highest BCUT2D eigenvalue weighted by molar-refractivity contribution is 8.00. The maximum Gasteiger partial charge on any atom is 0.0890 e. The first-order valence-corrected chi connectivity index (χ1v) is 7.49. The summed E-state index contributed by atoms with van der Waals surface area (Å²) in [6, 6.07) is 10.3. The summed E-state index contributed by atoms with van der Waals surface area (Å²) in [6.45, 7) is 3.78. The maximum absolute atomic E-state index is 10.4. The number of rotatable bonds is 2. The van der Waals surface area contributed by atoms with E-state index < -0.39 is 11.7 Å². The molecule has 0 aromatic heterocycles. The highest BCUT2D eigenvalue weighted by Crippen LogP contribution is 2.38. The lowest BCUT2D eigenvalue weighted by molar-refractivity contribution is -0.0836. The van der Waals surface area contributed by atoms with Gasteiger partial charge in [0.15, 0.2) is 0 Å². The Bertz CT molecular complexity index is 377. The lowest BCUT2D eigenvalue weighted by Gasteiger charge is -2.31. The van der Waals surface area contributed by atoms with Crippen molar-refractivity contribution in [2.75, 3.05) is 0 Å². The molecule has 1 fully saturated rings. The van der Waals surface area contributed by atoms with Crippen LogP contribution in [0.25, 0.3) is 0 Å². The summed E-state index contributed by atoms with van der Waals surface area (Å²) in [5.74, 6) is 0.168. The quantitative estimate of drug-likeness (QED) is 0.808. The smallest absolute Gasteiger partial charge is 0.0890 e. The molecule has 0 spiro atoms. The number of aliphatic hydroxyl groups is 2. The Morgan fingerprint density at radius 1 is 1.22 bits per heavy atom. The predicted octanol–water partition coefficient (Wildman–Crippen LogP) is 3.08. The molecule has 0 radical (unpaired) electrons. The van der Waals surface area contributed by atoms with Crippen LogP contribution < -0.4 is 0 Å². The molecule has 18 heavy (non-hydrogen) atoms. The molecule has 2 N–H and O–H groups in total. The van der Waals surface area contributed by atoms with Crippen LogP contribution in [0, 0.1) is 5.92 Å². The highest BCUT2D eigenvalue weighted by atomic mass is 32.2. The van der Waals surface area contributed by atoms with Crippen LogP contribution in [-0.4, -0.2) is 27.2 Å². The van der Waals surface area contributed by atoms with Crippen LogP contribution in [0.4, 0.5) is 0 Å². The van der Waals surface area contributed by atoms with E-state index in [4.69, 9.17) is 0 Å². The van der Waals surface area contributed by atoms with Gasteiger partial charge in [0.1, 0.15) is 0 Å². The second kappa shape index (κ2) is 5.64. The van der Waals surface area contributed by atoms with Crippen molar-refractivity contribution in [1.29, 1.82) is 0 Å². The van der Waals surface area contributed by atoms with Gasteiger partial charge >= 0.3 is 0 Å². The van der Waals surface area contributed by atoms with Crippen molar-refractivity contribution in [3.05, 3.63) is 30.3 Å². The van der Waals surface area contributed by atoms with Gasteiger partial charge in [-0.05, 0) is 44.2 Å². The maximum atomic E-state index is 10.4. The van der Waals surface area contributed by atoms with Gasteiger partial charge in [-0.1, -0.05) is 25.1 Å². The highest BCUT2D eigenvalue weighted by Gasteiger charge is 2.39. The van der Waals surface area contributed by atoms with Crippen molar-refractivity contribution in [3.8, 4) is 0 Å². The fourth-order valence-electron chi connectivity index (χ4n) is 2.70. The van der Waals surface area contributed by atoms with E-state index in [9.17, 15) is 10.2 Å². The fraction of sp³-hybridized carbons (Fsp3) is 0.600. The van der Waals surface area contributed by atoms with E-state index in [1.165, 1.54) is 4.90 Å². The van der Waals surface area contributed by atoms with Gasteiger partial charge in [0.05, 0.1) is 11.7 Å². The monoisotopic (exact) mass is 266 g/mol. The topological polar surface area (TPSA) is 40.5 Å². The normalized spacial score (nSPS) is 37.2.